The molecule has 17 heavy (non-hydrogen) atoms. The van der Waals surface area contributed by atoms with Crippen LogP contribution in [0.4, 0.5) is 5.82 Å². The summed E-state index contributed by atoms with van der Waals surface area (Å²) < 4.78 is 27.6. The van der Waals surface area contributed by atoms with Gasteiger partial charge < -0.3 is 4.57 Å². The predicted octanol–water partition coefficient (Wildman–Crippen LogP) is 1.85. The Morgan fingerprint density at radius 1 is 1.06 bits per heavy atom. The molecule has 0 unspecified atom stereocenters. The minimum absolute atomic E-state index is 0.295. The van der Waals surface area contributed by atoms with E-state index in [9.17, 15) is 8.42 Å². The molecular weight excluding hydrogens is 236 g/mol. The Kier molecular flexibility index (Phi) is 2.93. The van der Waals surface area contributed by atoms with Crippen molar-refractivity contribution in [3.05, 3.63) is 48.7 Å². The van der Waals surface area contributed by atoms with Gasteiger partial charge in [-0.25, -0.2) is 8.42 Å². The second-order valence-electron chi connectivity index (χ2n) is 3.76. The summed E-state index contributed by atoms with van der Waals surface area (Å²) in [7, 11) is -0.107. The van der Waals surface area contributed by atoms with Crippen molar-refractivity contribution < 1.29 is 8.42 Å². The smallest absolute Gasteiger partial charge is 0.265 e. The van der Waals surface area contributed by atoms with Crippen LogP contribution in [0.5, 0.6) is 0 Å². The summed E-state index contributed by atoms with van der Waals surface area (Å²) in [6.45, 7) is 0. The lowest BCUT2D eigenvalue weighted by atomic mass is 10.4. The van der Waals surface area contributed by atoms with Crippen molar-refractivity contribution in [1.29, 1.82) is 0 Å². The van der Waals surface area contributed by atoms with E-state index in [4.69, 9.17) is 0 Å². The topological polar surface area (TPSA) is 42.3 Å². The summed E-state index contributed by atoms with van der Waals surface area (Å²) in [5.74, 6) is 0.633. The summed E-state index contributed by atoms with van der Waals surface area (Å²) in [5.41, 5.74) is 0. The van der Waals surface area contributed by atoms with Crippen LogP contribution in [0, 0.1) is 0 Å². The number of sulfonamides is 1. The van der Waals surface area contributed by atoms with Gasteiger partial charge in [-0.15, -0.1) is 0 Å². The van der Waals surface area contributed by atoms with Gasteiger partial charge in [-0.2, -0.15) is 0 Å². The molecule has 0 bridgehead atoms. The van der Waals surface area contributed by atoms with Crippen LogP contribution in [-0.2, 0) is 17.1 Å². The SMILES string of the molecule is CN(c1cccn1C)S(=O)(=O)c1ccccc1. The van der Waals surface area contributed by atoms with Crippen LogP contribution in [0.25, 0.3) is 0 Å². The van der Waals surface area contributed by atoms with E-state index in [1.165, 1.54) is 4.31 Å². The molecule has 0 aliphatic carbocycles. The zero-order valence-electron chi connectivity index (χ0n) is 9.74. The van der Waals surface area contributed by atoms with Crippen molar-refractivity contribution in [3.63, 3.8) is 0 Å². The van der Waals surface area contributed by atoms with Gasteiger partial charge in [-0.3, -0.25) is 4.31 Å². The molecule has 0 amide bonds. The van der Waals surface area contributed by atoms with Crippen LogP contribution in [0.1, 0.15) is 0 Å². The first-order chi connectivity index (χ1) is 8.03. The number of hydrogen-bond donors (Lipinski definition) is 0. The zero-order valence-corrected chi connectivity index (χ0v) is 10.6. The largest absolute Gasteiger partial charge is 0.337 e. The number of aromatic nitrogens is 1. The fourth-order valence-corrected chi connectivity index (χ4v) is 2.91. The molecule has 1 heterocycles. The van der Waals surface area contributed by atoms with Gasteiger partial charge in [-0.05, 0) is 24.3 Å². The minimum Gasteiger partial charge on any atom is -0.337 e. The molecule has 90 valence electrons. The lowest BCUT2D eigenvalue weighted by Gasteiger charge is -2.19. The highest BCUT2D eigenvalue weighted by Gasteiger charge is 2.22. The van der Waals surface area contributed by atoms with Crippen molar-refractivity contribution >= 4 is 15.8 Å². The maximum Gasteiger partial charge on any atom is 0.265 e. The zero-order chi connectivity index (χ0) is 12.5. The monoisotopic (exact) mass is 250 g/mol. The summed E-state index contributed by atoms with van der Waals surface area (Å²) in [6.07, 6.45) is 1.81. The Labute approximate surface area is 101 Å². The van der Waals surface area contributed by atoms with E-state index in [-0.39, 0.29) is 0 Å². The Hall–Kier alpha value is -1.75. The second kappa shape index (κ2) is 4.25. The van der Waals surface area contributed by atoms with E-state index < -0.39 is 10.0 Å². The molecule has 4 nitrogen and oxygen atoms in total. The summed E-state index contributed by atoms with van der Waals surface area (Å²) >= 11 is 0. The third-order valence-electron chi connectivity index (χ3n) is 2.64. The maximum absolute atomic E-state index is 12.3. The highest BCUT2D eigenvalue weighted by Crippen LogP contribution is 2.21. The van der Waals surface area contributed by atoms with Crippen LogP contribution in [0.3, 0.4) is 0 Å². The van der Waals surface area contributed by atoms with Gasteiger partial charge in [0.2, 0.25) is 0 Å². The molecule has 0 spiro atoms. The van der Waals surface area contributed by atoms with Crippen molar-refractivity contribution in [1.82, 2.24) is 4.57 Å². The van der Waals surface area contributed by atoms with E-state index in [0.29, 0.717) is 10.7 Å². The lowest BCUT2D eigenvalue weighted by Crippen LogP contribution is -2.28. The van der Waals surface area contributed by atoms with E-state index >= 15 is 0 Å². The van der Waals surface area contributed by atoms with Crippen molar-refractivity contribution in [2.24, 2.45) is 7.05 Å². The lowest BCUT2D eigenvalue weighted by molar-refractivity contribution is 0.593. The van der Waals surface area contributed by atoms with Crippen LogP contribution in [-0.4, -0.2) is 20.0 Å². The van der Waals surface area contributed by atoms with Crippen LogP contribution in [0.15, 0.2) is 53.6 Å². The summed E-state index contributed by atoms with van der Waals surface area (Å²) in [6, 6.07) is 12.0. The first-order valence-corrected chi connectivity index (χ1v) is 6.63. The molecule has 0 N–H and O–H groups in total. The standard InChI is InChI=1S/C12H14N2O2S/c1-13-10-6-9-12(13)14(2)17(15,16)11-7-4-3-5-8-11/h3-10H,1-2H3. The first kappa shape index (κ1) is 11.7. The van der Waals surface area contributed by atoms with Crippen LogP contribution in [0.2, 0.25) is 0 Å². The molecule has 2 aromatic rings. The highest BCUT2D eigenvalue weighted by molar-refractivity contribution is 7.92. The van der Waals surface area contributed by atoms with Gasteiger partial charge in [0.05, 0.1) is 4.90 Å². The third kappa shape index (κ3) is 2.06. The molecule has 0 fully saturated rings. The van der Waals surface area contributed by atoms with Gasteiger partial charge in [0.25, 0.3) is 10.0 Å². The Morgan fingerprint density at radius 2 is 1.71 bits per heavy atom. The molecule has 1 aromatic heterocycles. The molecule has 0 atom stereocenters. The number of aryl methyl sites for hydroxylation is 1. The molecule has 5 heteroatoms. The van der Waals surface area contributed by atoms with Gasteiger partial charge in [0.15, 0.2) is 0 Å². The van der Waals surface area contributed by atoms with Gasteiger partial charge >= 0.3 is 0 Å². The number of hydrogen-bond acceptors (Lipinski definition) is 2. The van der Waals surface area contributed by atoms with Crippen molar-refractivity contribution in [2.45, 2.75) is 4.90 Å². The van der Waals surface area contributed by atoms with Crippen LogP contribution < -0.4 is 4.31 Å². The molecule has 0 aliphatic rings. The molecular formula is C12H14N2O2S. The van der Waals surface area contributed by atoms with Crippen molar-refractivity contribution in [2.75, 3.05) is 11.4 Å². The van der Waals surface area contributed by atoms with Gasteiger partial charge in [0.1, 0.15) is 5.82 Å². The normalized spacial score (nSPS) is 11.4. The Bertz CT molecular complexity index is 602. The Balaban J connectivity index is 2.45. The number of anilines is 1. The van der Waals surface area contributed by atoms with E-state index in [1.807, 2.05) is 19.3 Å². The average Bonchev–Trinajstić information content (AvgIpc) is 2.75. The number of benzene rings is 1. The molecule has 2 rings (SSSR count). The highest BCUT2D eigenvalue weighted by atomic mass is 32.2. The van der Waals surface area contributed by atoms with E-state index in [1.54, 1.807) is 48.0 Å². The maximum atomic E-state index is 12.3. The fourth-order valence-electron chi connectivity index (χ4n) is 1.65. The molecule has 0 radical (unpaired) electrons. The quantitative estimate of drug-likeness (QED) is 0.834. The fraction of sp³-hybridized carbons (Fsp3) is 0.167. The number of nitrogens with zero attached hydrogens (tertiary/aromatic N) is 2. The summed E-state index contributed by atoms with van der Waals surface area (Å²) in [4.78, 5) is 0.295. The predicted molar refractivity (Wildman–Crippen MR) is 67.4 cm³/mol. The average molecular weight is 250 g/mol. The van der Waals surface area contributed by atoms with Crippen LogP contribution >= 0.6 is 0 Å². The van der Waals surface area contributed by atoms with Gasteiger partial charge in [0, 0.05) is 20.3 Å². The second-order valence-corrected chi connectivity index (χ2v) is 5.73. The Morgan fingerprint density at radius 3 is 2.24 bits per heavy atom. The minimum atomic E-state index is -3.47. The summed E-state index contributed by atoms with van der Waals surface area (Å²) in [5, 5.41) is 0. The molecule has 1 aromatic carbocycles. The van der Waals surface area contributed by atoms with E-state index in [2.05, 4.69) is 0 Å². The first-order valence-electron chi connectivity index (χ1n) is 5.19. The molecule has 0 aliphatic heterocycles. The third-order valence-corrected chi connectivity index (χ3v) is 4.42. The van der Waals surface area contributed by atoms with E-state index in [0.717, 1.165) is 0 Å². The number of rotatable bonds is 3. The van der Waals surface area contributed by atoms with Gasteiger partial charge in [-0.1, -0.05) is 18.2 Å². The molecule has 0 saturated carbocycles. The van der Waals surface area contributed by atoms with Crippen molar-refractivity contribution in [3.8, 4) is 0 Å². The molecule has 0 saturated heterocycles.